The highest BCUT2D eigenvalue weighted by Crippen LogP contribution is 2.39. The largest absolute Gasteiger partial charge is 0.499 e. The first kappa shape index (κ1) is 14.7. The molecule has 5 N–H and O–H groups in total. The molecule has 1 rings (SSSR count). The Morgan fingerprint density at radius 2 is 1.94 bits per heavy atom. The number of ether oxygens (including phenoxy) is 2. The molecule has 1 unspecified atom stereocenters. The highest BCUT2D eigenvalue weighted by Gasteiger charge is 2.55. The second-order valence-corrected chi connectivity index (χ2v) is 3.90. The van der Waals surface area contributed by atoms with E-state index in [1.165, 1.54) is 0 Å². The number of rotatable bonds is 6. The van der Waals surface area contributed by atoms with E-state index in [1.54, 1.807) is 0 Å². The zero-order valence-corrected chi connectivity index (χ0v) is 9.74. The number of cyclic esters (lactones) is 1. The van der Waals surface area contributed by atoms with Crippen LogP contribution >= 0.6 is 0 Å². The van der Waals surface area contributed by atoms with E-state index < -0.39 is 49.2 Å². The lowest BCUT2D eigenvalue weighted by Crippen LogP contribution is -2.50. The second-order valence-electron chi connectivity index (χ2n) is 3.90. The molecule has 0 radical (unpaired) electrons. The molecule has 1 heterocycles. The molecule has 8 heteroatoms. The third-order valence-corrected chi connectivity index (χ3v) is 2.73. The van der Waals surface area contributed by atoms with Crippen LogP contribution in [-0.4, -0.2) is 69.6 Å². The first-order valence-electron chi connectivity index (χ1n) is 5.21. The van der Waals surface area contributed by atoms with Crippen molar-refractivity contribution < 1.29 is 39.8 Å². The highest BCUT2D eigenvalue weighted by atomic mass is 16.6. The van der Waals surface area contributed by atoms with Crippen molar-refractivity contribution in [3.63, 3.8) is 0 Å². The van der Waals surface area contributed by atoms with Gasteiger partial charge in [-0.1, -0.05) is 0 Å². The Balaban J connectivity index is 3.18. The number of carbonyl (C=O) groups is 1. The van der Waals surface area contributed by atoms with E-state index in [2.05, 4.69) is 0 Å². The maximum absolute atomic E-state index is 11.3. The molecular formula is C10H16O8. The van der Waals surface area contributed by atoms with Crippen LogP contribution in [0.15, 0.2) is 11.5 Å². The summed E-state index contributed by atoms with van der Waals surface area (Å²) in [5, 5.41) is 46.4. The minimum Gasteiger partial charge on any atom is -0.499 e. The van der Waals surface area contributed by atoms with Crippen LogP contribution in [0.1, 0.15) is 6.42 Å². The fraction of sp³-hybridized carbons (Fsp3) is 0.700. The summed E-state index contributed by atoms with van der Waals surface area (Å²) in [5.41, 5.74) is -1.91. The predicted molar refractivity (Wildman–Crippen MR) is 56.3 cm³/mol. The molecule has 0 bridgehead atoms. The fourth-order valence-corrected chi connectivity index (χ4v) is 1.87. The van der Waals surface area contributed by atoms with Gasteiger partial charge in [0.25, 0.3) is 0 Å². The van der Waals surface area contributed by atoms with Crippen molar-refractivity contribution >= 4 is 5.97 Å². The van der Waals surface area contributed by atoms with Crippen LogP contribution in [0.2, 0.25) is 0 Å². The average Bonchev–Trinajstić information content (AvgIpc) is 2.60. The summed E-state index contributed by atoms with van der Waals surface area (Å²) < 4.78 is 9.62. The van der Waals surface area contributed by atoms with Crippen molar-refractivity contribution in [3.05, 3.63) is 11.5 Å². The van der Waals surface area contributed by atoms with E-state index in [1.807, 2.05) is 0 Å². The van der Waals surface area contributed by atoms with Crippen LogP contribution < -0.4 is 0 Å². The molecule has 0 amide bonds. The Morgan fingerprint density at radius 3 is 2.39 bits per heavy atom. The van der Waals surface area contributed by atoms with E-state index >= 15 is 0 Å². The summed E-state index contributed by atoms with van der Waals surface area (Å²) in [7, 11) is 1.14. The van der Waals surface area contributed by atoms with E-state index in [4.69, 9.17) is 19.7 Å². The number of hydrogen-bond acceptors (Lipinski definition) is 8. The number of carbonyl (C=O) groups excluding carboxylic acids is 1. The molecule has 0 aliphatic carbocycles. The Bertz CT molecular complexity index is 352. The zero-order valence-electron chi connectivity index (χ0n) is 9.74. The van der Waals surface area contributed by atoms with E-state index in [-0.39, 0.29) is 5.76 Å². The molecule has 0 saturated carbocycles. The maximum atomic E-state index is 11.3. The fourth-order valence-electron chi connectivity index (χ4n) is 1.87. The molecule has 0 aromatic rings. The van der Waals surface area contributed by atoms with Gasteiger partial charge in [0.2, 0.25) is 11.4 Å². The van der Waals surface area contributed by atoms with Crippen molar-refractivity contribution in [1.82, 2.24) is 0 Å². The molecule has 0 fully saturated rings. The van der Waals surface area contributed by atoms with Crippen molar-refractivity contribution in [3.8, 4) is 0 Å². The highest BCUT2D eigenvalue weighted by molar-refractivity contribution is 5.90. The van der Waals surface area contributed by atoms with Gasteiger partial charge in [-0.25, -0.2) is 4.79 Å². The SMILES string of the molecule is COC1=C(O)C(=O)O[C@]1(CC(O)CO)[C@@H](O)CO. The van der Waals surface area contributed by atoms with Crippen molar-refractivity contribution in [2.45, 2.75) is 24.2 Å². The smallest absolute Gasteiger partial charge is 0.378 e. The van der Waals surface area contributed by atoms with Gasteiger partial charge in [-0.3, -0.25) is 0 Å². The first-order valence-corrected chi connectivity index (χ1v) is 5.21. The second kappa shape index (κ2) is 5.53. The van der Waals surface area contributed by atoms with E-state index in [9.17, 15) is 20.1 Å². The third-order valence-electron chi connectivity index (χ3n) is 2.73. The lowest BCUT2D eigenvalue weighted by molar-refractivity contribution is -0.170. The summed E-state index contributed by atoms with van der Waals surface area (Å²) in [4.78, 5) is 11.3. The Kier molecular flexibility index (Phi) is 4.52. The van der Waals surface area contributed by atoms with Crippen LogP contribution in [0.25, 0.3) is 0 Å². The normalized spacial score (nSPS) is 27.1. The van der Waals surface area contributed by atoms with Crippen LogP contribution in [0.5, 0.6) is 0 Å². The lowest BCUT2D eigenvalue weighted by atomic mass is 9.88. The summed E-state index contributed by atoms with van der Waals surface area (Å²) >= 11 is 0. The lowest BCUT2D eigenvalue weighted by Gasteiger charge is -2.34. The van der Waals surface area contributed by atoms with Gasteiger partial charge in [-0.2, -0.15) is 0 Å². The van der Waals surface area contributed by atoms with Gasteiger partial charge in [-0.15, -0.1) is 0 Å². The van der Waals surface area contributed by atoms with Gasteiger partial charge in [-0.05, 0) is 0 Å². The molecule has 0 spiro atoms. The van der Waals surface area contributed by atoms with Gasteiger partial charge in [0.05, 0.1) is 26.4 Å². The molecule has 18 heavy (non-hydrogen) atoms. The van der Waals surface area contributed by atoms with Crippen molar-refractivity contribution in [2.24, 2.45) is 0 Å². The minimum atomic E-state index is -1.91. The molecule has 0 aromatic heterocycles. The maximum Gasteiger partial charge on any atom is 0.378 e. The van der Waals surface area contributed by atoms with Crippen LogP contribution in [-0.2, 0) is 14.3 Å². The average molecular weight is 264 g/mol. The molecule has 1 aliphatic rings. The molecule has 1 aliphatic heterocycles. The number of hydrogen-bond donors (Lipinski definition) is 5. The Hall–Kier alpha value is -1.35. The van der Waals surface area contributed by atoms with Crippen molar-refractivity contribution in [2.75, 3.05) is 20.3 Å². The summed E-state index contributed by atoms with van der Waals surface area (Å²) in [6.07, 6.45) is -3.36. The molecule has 3 atom stereocenters. The monoisotopic (exact) mass is 264 g/mol. The number of aliphatic hydroxyl groups is 5. The number of methoxy groups -OCH3 is 1. The quantitative estimate of drug-likeness (QED) is 0.341. The van der Waals surface area contributed by atoms with Crippen LogP contribution in [0.4, 0.5) is 0 Å². The summed E-state index contributed by atoms with van der Waals surface area (Å²) in [6.45, 7) is -1.43. The van der Waals surface area contributed by atoms with Crippen molar-refractivity contribution in [1.29, 1.82) is 0 Å². The summed E-state index contributed by atoms with van der Waals surface area (Å²) in [5.74, 6) is -2.36. The zero-order chi connectivity index (χ0) is 13.9. The van der Waals surface area contributed by atoms with E-state index in [0.29, 0.717) is 0 Å². The van der Waals surface area contributed by atoms with Gasteiger partial charge in [0.1, 0.15) is 6.10 Å². The standard InChI is InChI=1S/C10H16O8/c1-17-8-7(15)9(16)18-10(8,6(14)4-12)2-5(13)3-11/h5-6,11-15H,2-4H2,1H3/t5?,6-,10+/m0/s1. The predicted octanol–water partition coefficient (Wildman–Crippen LogP) is -2.21. The van der Waals surface area contributed by atoms with Gasteiger partial charge in [0.15, 0.2) is 5.76 Å². The van der Waals surface area contributed by atoms with Crippen LogP contribution in [0, 0.1) is 0 Å². The van der Waals surface area contributed by atoms with Crippen LogP contribution in [0.3, 0.4) is 0 Å². The summed E-state index contributed by atoms with van der Waals surface area (Å²) in [6, 6.07) is 0. The van der Waals surface area contributed by atoms with Gasteiger partial charge < -0.3 is 35.0 Å². The molecule has 0 aromatic carbocycles. The van der Waals surface area contributed by atoms with E-state index in [0.717, 1.165) is 7.11 Å². The molecular weight excluding hydrogens is 248 g/mol. The van der Waals surface area contributed by atoms with Gasteiger partial charge >= 0.3 is 5.97 Å². The Morgan fingerprint density at radius 1 is 1.33 bits per heavy atom. The molecule has 8 nitrogen and oxygen atoms in total. The third kappa shape index (κ3) is 2.27. The van der Waals surface area contributed by atoms with Gasteiger partial charge in [0, 0.05) is 6.42 Å². The first-order chi connectivity index (χ1) is 8.42. The Labute approximate surface area is 103 Å². The molecule has 104 valence electrons. The molecule has 0 saturated heterocycles. The number of aliphatic hydroxyl groups excluding tert-OH is 5. The minimum absolute atomic E-state index is 0.387. The number of esters is 1. The topological polar surface area (TPSA) is 137 Å².